The molecule has 0 saturated heterocycles. The number of hydrogen-bond donors (Lipinski definition) is 1. The van der Waals surface area contributed by atoms with Crippen molar-refractivity contribution < 1.29 is 14.3 Å². The van der Waals surface area contributed by atoms with Crippen LogP contribution in [0.4, 0.5) is 0 Å². The van der Waals surface area contributed by atoms with Crippen molar-refractivity contribution in [2.75, 3.05) is 12.9 Å². The molecule has 0 spiro atoms. The number of Topliss-reactive ketones (excluding diaryl/α,β-unsaturated/α-hetero) is 1. The van der Waals surface area contributed by atoms with E-state index in [0.29, 0.717) is 17.1 Å². The number of ether oxygens (including phenoxy) is 1. The van der Waals surface area contributed by atoms with Crippen LogP contribution in [0, 0.1) is 13.8 Å². The van der Waals surface area contributed by atoms with Gasteiger partial charge in [0.15, 0.2) is 5.78 Å². The summed E-state index contributed by atoms with van der Waals surface area (Å²) in [5.74, 6) is 1.70. The summed E-state index contributed by atoms with van der Waals surface area (Å²) >= 11 is 1.50. The Morgan fingerprint density at radius 3 is 2.48 bits per heavy atom. The van der Waals surface area contributed by atoms with Crippen molar-refractivity contribution in [2.45, 2.75) is 39.5 Å². The molecule has 1 N–H and O–H groups in total. The van der Waals surface area contributed by atoms with Crippen molar-refractivity contribution in [3.63, 3.8) is 0 Å². The molecule has 0 aromatic heterocycles. The van der Waals surface area contributed by atoms with Crippen LogP contribution in [-0.4, -0.2) is 24.6 Å². The Bertz CT molecular complexity index is 832. The number of aryl methyl sites for hydroxylation is 2. The smallest absolute Gasteiger partial charge is 0.230 e. The first-order chi connectivity index (χ1) is 12.8. The van der Waals surface area contributed by atoms with Gasteiger partial charge in [0.05, 0.1) is 18.9 Å². The topological polar surface area (TPSA) is 55.4 Å². The maximum absolute atomic E-state index is 12.3. The Labute approximate surface area is 165 Å². The van der Waals surface area contributed by atoms with Gasteiger partial charge in [0.2, 0.25) is 5.91 Å². The lowest BCUT2D eigenvalue weighted by atomic mass is 10.0. The summed E-state index contributed by atoms with van der Waals surface area (Å²) in [6.45, 7) is 7.69. The maximum atomic E-state index is 12.3. The summed E-state index contributed by atoms with van der Waals surface area (Å²) in [5.41, 5.74) is 5.15. The number of carbonyl (C=O) groups is 2. The average molecular weight is 386 g/mol. The number of nitrogens with one attached hydrogen (secondary N) is 1. The molecule has 1 atom stereocenters. The second-order valence-electron chi connectivity index (χ2n) is 6.71. The highest BCUT2D eigenvalue weighted by Gasteiger charge is 2.12. The maximum Gasteiger partial charge on any atom is 0.230 e. The number of rotatable bonds is 8. The predicted octanol–water partition coefficient (Wildman–Crippen LogP) is 4.63. The molecule has 2 aromatic carbocycles. The first kappa shape index (κ1) is 21.0. The van der Waals surface area contributed by atoms with Crippen molar-refractivity contribution in [1.82, 2.24) is 5.32 Å². The summed E-state index contributed by atoms with van der Waals surface area (Å²) < 4.78 is 5.36. The third-order valence-corrected chi connectivity index (χ3v) is 5.57. The molecule has 27 heavy (non-hydrogen) atoms. The van der Waals surface area contributed by atoms with E-state index in [2.05, 4.69) is 37.4 Å². The van der Waals surface area contributed by atoms with Crippen molar-refractivity contribution in [2.24, 2.45) is 0 Å². The normalized spacial score (nSPS) is 11.7. The third-order valence-electron chi connectivity index (χ3n) is 4.59. The third kappa shape index (κ3) is 5.86. The van der Waals surface area contributed by atoms with Gasteiger partial charge in [-0.25, -0.2) is 0 Å². The minimum absolute atomic E-state index is 0.00702. The zero-order valence-corrected chi connectivity index (χ0v) is 17.4. The minimum Gasteiger partial charge on any atom is -0.496 e. The van der Waals surface area contributed by atoms with Gasteiger partial charge in [-0.15, -0.1) is 11.8 Å². The van der Waals surface area contributed by atoms with Crippen LogP contribution in [0.2, 0.25) is 0 Å². The quantitative estimate of drug-likeness (QED) is 0.674. The van der Waals surface area contributed by atoms with E-state index in [1.807, 2.05) is 13.0 Å². The number of benzene rings is 2. The van der Waals surface area contributed by atoms with E-state index in [0.717, 1.165) is 16.9 Å². The van der Waals surface area contributed by atoms with Crippen LogP contribution in [0.15, 0.2) is 36.4 Å². The minimum atomic E-state index is -0.0343. The molecule has 4 nitrogen and oxygen atoms in total. The van der Waals surface area contributed by atoms with Crippen LogP contribution in [0.25, 0.3) is 0 Å². The average Bonchev–Trinajstić information content (AvgIpc) is 2.63. The van der Waals surface area contributed by atoms with Crippen LogP contribution in [-0.2, 0) is 10.5 Å². The molecule has 5 heteroatoms. The van der Waals surface area contributed by atoms with Crippen molar-refractivity contribution in [3.05, 3.63) is 64.2 Å². The van der Waals surface area contributed by atoms with Gasteiger partial charge < -0.3 is 10.1 Å². The van der Waals surface area contributed by atoms with Crippen molar-refractivity contribution >= 4 is 23.5 Å². The molecule has 0 aliphatic carbocycles. The molecule has 2 aromatic rings. The fourth-order valence-electron chi connectivity index (χ4n) is 2.76. The molecular formula is C22H27NO3S. The molecule has 0 unspecified atom stereocenters. The second kappa shape index (κ2) is 9.60. The van der Waals surface area contributed by atoms with Crippen LogP contribution in [0.3, 0.4) is 0 Å². The number of ketones is 1. The molecule has 1 amide bonds. The lowest BCUT2D eigenvalue weighted by molar-refractivity contribution is -0.119. The van der Waals surface area contributed by atoms with E-state index in [4.69, 9.17) is 4.74 Å². The largest absolute Gasteiger partial charge is 0.496 e. The van der Waals surface area contributed by atoms with Gasteiger partial charge in [0, 0.05) is 16.9 Å². The Morgan fingerprint density at radius 2 is 1.85 bits per heavy atom. The molecule has 2 rings (SSSR count). The van der Waals surface area contributed by atoms with E-state index in [1.54, 1.807) is 26.2 Å². The number of amides is 1. The Hall–Kier alpha value is -2.27. The van der Waals surface area contributed by atoms with Gasteiger partial charge in [-0.2, -0.15) is 0 Å². The summed E-state index contributed by atoms with van der Waals surface area (Å²) in [7, 11) is 1.61. The number of hydrogen-bond acceptors (Lipinski definition) is 4. The number of methoxy groups -OCH3 is 1. The van der Waals surface area contributed by atoms with Crippen LogP contribution in [0.5, 0.6) is 5.75 Å². The van der Waals surface area contributed by atoms with Crippen LogP contribution < -0.4 is 10.1 Å². The second-order valence-corrected chi connectivity index (χ2v) is 7.69. The number of carbonyl (C=O) groups excluding carboxylic acids is 2. The Morgan fingerprint density at radius 1 is 1.11 bits per heavy atom. The predicted molar refractivity (Wildman–Crippen MR) is 112 cm³/mol. The zero-order valence-electron chi connectivity index (χ0n) is 16.6. The molecule has 0 saturated carbocycles. The first-order valence-electron chi connectivity index (χ1n) is 8.94. The van der Waals surface area contributed by atoms with E-state index < -0.39 is 0 Å². The lowest BCUT2D eigenvalue weighted by Crippen LogP contribution is -2.28. The molecular weight excluding hydrogens is 358 g/mol. The molecule has 0 aliphatic rings. The van der Waals surface area contributed by atoms with Crippen molar-refractivity contribution in [3.8, 4) is 5.75 Å². The van der Waals surface area contributed by atoms with E-state index in [1.165, 1.54) is 22.9 Å². The lowest BCUT2D eigenvalue weighted by Gasteiger charge is -2.16. The summed E-state index contributed by atoms with van der Waals surface area (Å²) in [4.78, 5) is 23.8. The Balaban J connectivity index is 1.91. The highest BCUT2D eigenvalue weighted by atomic mass is 32.2. The fraction of sp³-hybridized carbons (Fsp3) is 0.364. The summed E-state index contributed by atoms with van der Waals surface area (Å²) in [6, 6.07) is 11.6. The van der Waals surface area contributed by atoms with Gasteiger partial charge >= 0.3 is 0 Å². The highest BCUT2D eigenvalue weighted by molar-refractivity contribution is 7.99. The summed E-state index contributed by atoms with van der Waals surface area (Å²) in [5, 5.41) is 3.04. The van der Waals surface area contributed by atoms with E-state index in [-0.39, 0.29) is 17.7 Å². The van der Waals surface area contributed by atoms with Gasteiger partial charge in [0.25, 0.3) is 0 Å². The van der Waals surface area contributed by atoms with Gasteiger partial charge in [0.1, 0.15) is 5.75 Å². The summed E-state index contributed by atoms with van der Waals surface area (Å²) in [6.07, 6.45) is 0. The SMILES string of the molecule is COc1ccc(C(C)=O)cc1CSCC(=O)N[C@H](C)c1ccc(C)c(C)c1. The number of thioether (sulfide) groups is 1. The van der Waals surface area contributed by atoms with E-state index >= 15 is 0 Å². The molecule has 0 heterocycles. The monoisotopic (exact) mass is 385 g/mol. The molecule has 0 aliphatic heterocycles. The molecule has 0 fully saturated rings. The van der Waals surface area contributed by atoms with Gasteiger partial charge in [-0.3, -0.25) is 9.59 Å². The first-order valence-corrected chi connectivity index (χ1v) is 10.1. The fourth-order valence-corrected chi connectivity index (χ4v) is 3.58. The van der Waals surface area contributed by atoms with Crippen molar-refractivity contribution in [1.29, 1.82) is 0 Å². The van der Waals surface area contributed by atoms with Gasteiger partial charge in [-0.1, -0.05) is 18.2 Å². The zero-order chi connectivity index (χ0) is 20.0. The Kier molecular flexibility index (Phi) is 7.48. The molecule has 0 radical (unpaired) electrons. The standard InChI is InChI=1S/C22H27NO3S/c1-14-6-7-18(10-15(14)2)16(3)23-22(25)13-27-12-20-11-19(17(4)24)8-9-21(20)26-5/h6-11,16H,12-13H2,1-5H3,(H,23,25)/t16-/m1/s1. The van der Waals surface area contributed by atoms with E-state index in [9.17, 15) is 9.59 Å². The molecule has 0 bridgehead atoms. The van der Waals surface area contributed by atoms with Gasteiger partial charge in [-0.05, 0) is 62.6 Å². The highest BCUT2D eigenvalue weighted by Crippen LogP contribution is 2.25. The van der Waals surface area contributed by atoms with Crippen LogP contribution in [0.1, 0.15) is 52.5 Å². The van der Waals surface area contributed by atoms with Crippen LogP contribution >= 0.6 is 11.8 Å². The molecule has 144 valence electrons.